The Morgan fingerprint density at radius 1 is 1.19 bits per heavy atom. The SMILES string of the molecule is CCCNC(CCC1CCCC1)c1cc(F)c(C)cc1F. The average molecular weight is 295 g/mol. The fourth-order valence-electron chi connectivity index (χ4n) is 3.32. The largest absolute Gasteiger partial charge is 0.310 e. The van der Waals surface area contributed by atoms with E-state index in [1.165, 1.54) is 37.8 Å². The molecule has 0 aliphatic heterocycles. The van der Waals surface area contributed by atoms with Gasteiger partial charge in [-0.25, -0.2) is 8.78 Å². The van der Waals surface area contributed by atoms with Crippen LogP contribution in [0.25, 0.3) is 0 Å². The molecule has 1 aromatic rings. The average Bonchev–Trinajstić information content (AvgIpc) is 2.97. The van der Waals surface area contributed by atoms with Crippen molar-refractivity contribution < 1.29 is 8.78 Å². The van der Waals surface area contributed by atoms with Crippen LogP contribution in [-0.4, -0.2) is 6.54 Å². The fourth-order valence-corrected chi connectivity index (χ4v) is 3.32. The van der Waals surface area contributed by atoms with Crippen LogP contribution in [0.15, 0.2) is 12.1 Å². The minimum absolute atomic E-state index is 0.0688. The van der Waals surface area contributed by atoms with Crippen LogP contribution in [-0.2, 0) is 0 Å². The molecule has 3 heteroatoms. The standard InChI is InChI=1S/C18H27F2N/c1-3-10-21-18(9-8-14-6-4-5-7-14)15-12-16(19)13(2)11-17(15)20/h11-12,14,18,21H,3-10H2,1-2H3. The Kier molecular flexibility index (Phi) is 6.16. The van der Waals surface area contributed by atoms with E-state index >= 15 is 0 Å². The van der Waals surface area contributed by atoms with Gasteiger partial charge in [-0.15, -0.1) is 0 Å². The van der Waals surface area contributed by atoms with Gasteiger partial charge in [0, 0.05) is 11.6 Å². The molecule has 0 heterocycles. The molecule has 1 aromatic carbocycles. The summed E-state index contributed by atoms with van der Waals surface area (Å²) in [6.45, 7) is 4.53. The molecule has 1 atom stereocenters. The van der Waals surface area contributed by atoms with Gasteiger partial charge in [0.15, 0.2) is 0 Å². The highest BCUT2D eigenvalue weighted by atomic mass is 19.1. The number of hydrogen-bond acceptors (Lipinski definition) is 1. The first kappa shape index (κ1) is 16.4. The summed E-state index contributed by atoms with van der Waals surface area (Å²) in [6.07, 6.45) is 8.24. The normalized spacial score (nSPS) is 17.3. The van der Waals surface area contributed by atoms with Gasteiger partial charge in [0.05, 0.1) is 0 Å². The first-order chi connectivity index (χ1) is 10.1. The number of nitrogens with one attached hydrogen (secondary N) is 1. The Morgan fingerprint density at radius 2 is 1.90 bits per heavy atom. The number of benzene rings is 1. The topological polar surface area (TPSA) is 12.0 Å². The second kappa shape index (κ2) is 7.88. The maximum Gasteiger partial charge on any atom is 0.128 e. The molecule has 0 spiro atoms. The van der Waals surface area contributed by atoms with Crippen LogP contribution in [0.2, 0.25) is 0 Å². The third-order valence-corrected chi connectivity index (χ3v) is 4.63. The number of halogens is 2. The predicted octanol–water partition coefficient (Wildman–Crippen LogP) is 5.28. The zero-order valence-corrected chi connectivity index (χ0v) is 13.2. The minimum Gasteiger partial charge on any atom is -0.310 e. The van der Waals surface area contributed by atoms with Crippen LogP contribution in [0.1, 0.15) is 69.0 Å². The van der Waals surface area contributed by atoms with Crippen molar-refractivity contribution in [3.05, 3.63) is 34.9 Å². The van der Waals surface area contributed by atoms with Crippen molar-refractivity contribution in [2.75, 3.05) is 6.54 Å². The molecule has 1 nitrogen and oxygen atoms in total. The van der Waals surface area contributed by atoms with Crippen LogP contribution in [0.4, 0.5) is 8.78 Å². The highest BCUT2D eigenvalue weighted by molar-refractivity contribution is 5.27. The molecule has 1 aliphatic carbocycles. The zero-order chi connectivity index (χ0) is 15.2. The van der Waals surface area contributed by atoms with Gasteiger partial charge in [-0.2, -0.15) is 0 Å². The summed E-state index contributed by atoms with van der Waals surface area (Å²) >= 11 is 0. The molecule has 1 saturated carbocycles. The van der Waals surface area contributed by atoms with E-state index in [2.05, 4.69) is 12.2 Å². The second-order valence-corrected chi connectivity index (χ2v) is 6.36. The summed E-state index contributed by atoms with van der Waals surface area (Å²) in [5.74, 6) is 0.179. The van der Waals surface area contributed by atoms with Gasteiger partial charge in [-0.3, -0.25) is 0 Å². The predicted molar refractivity (Wildman–Crippen MR) is 83.3 cm³/mol. The van der Waals surface area contributed by atoms with E-state index < -0.39 is 0 Å². The van der Waals surface area contributed by atoms with Crippen LogP contribution in [0, 0.1) is 24.5 Å². The Hall–Kier alpha value is -0.960. The molecule has 118 valence electrons. The van der Waals surface area contributed by atoms with Crippen molar-refractivity contribution in [1.29, 1.82) is 0 Å². The first-order valence-electron chi connectivity index (χ1n) is 8.30. The third kappa shape index (κ3) is 4.50. The quantitative estimate of drug-likeness (QED) is 0.721. The maximum absolute atomic E-state index is 14.2. The highest BCUT2D eigenvalue weighted by Crippen LogP contribution is 2.32. The molecule has 1 fully saturated rings. The van der Waals surface area contributed by atoms with E-state index in [1.807, 2.05) is 0 Å². The van der Waals surface area contributed by atoms with Crippen molar-refractivity contribution in [2.45, 2.75) is 64.8 Å². The van der Waals surface area contributed by atoms with Gasteiger partial charge in [0.2, 0.25) is 0 Å². The Morgan fingerprint density at radius 3 is 2.57 bits per heavy atom. The van der Waals surface area contributed by atoms with Gasteiger partial charge in [0.25, 0.3) is 0 Å². The molecule has 0 radical (unpaired) electrons. The number of hydrogen-bond donors (Lipinski definition) is 1. The lowest BCUT2D eigenvalue weighted by Crippen LogP contribution is -2.24. The number of rotatable bonds is 7. The second-order valence-electron chi connectivity index (χ2n) is 6.36. The van der Waals surface area contributed by atoms with E-state index in [1.54, 1.807) is 6.92 Å². The lowest BCUT2D eigenvalue weighted by molar-refractivity contribution is 0.401. The van der Waals surface area contributed by atoms with Gasteiger partial charge >= 0.3 is 0 Å². The van der Waals surface area contributed by atoms with Gasteiger partial charge in [-0.05, 0) is 56.3 Å². The lowest BCUT2D eigenvalue weighted by Gasteiger charge is -2.22. The minimum atomic E-state index is -0.310. The third-order valence-electron chi connectivity index (χ3n) is 4.63. The summed E-state index contributed by atoms with van der Waals surface area (Å²) in [4.78, 5) is 0. The van der Waals surface area contributed by atoms with Gasteiger partial charge < -0.3 is 5.32 Å². The summed E-state index contributed by atoms with van der Waals surface area (Å²) in [5.41, 5.74) is 0.867. The molecule has 1 aliphatic rings. The van der Waals surface area contributed by atoms with Crippen LogP contribution >= 0.6 is 0 Å². The molecule has 21 heavy (non-hydrogen) atoms. The van der Waals surface area contributed by atoms with Crippen LogP contribution in [0.3, 0.4) is 0 Å². The molecule has 0 amide bonds. The molecule has 0 aromatic heterocycles. The van der Waals surface area contributed by atoms with Crippen LogP contribution < -0.4 is 5.32 Å². The summed E-state index contributed by atoms with van der Waals surface area (Å²) in [6, 6.07) is 2.63. The highest BCUT2D eigenvalue weighted by Gasteiger charge is 2.21. The van der Waals surface area contributed by atoms with E-state index in [4.69, 9.17) is 0 Å². The van der Waals surface area contributed by atoms with Crippen molar-refractivity contribution in [3.63, 3.8) is 0 Å². The van der Waals surface area contributed by atoms with Crippen LogP contribution in [0.5, 0.6) is 0 Å². The first-order valence-corrected chi connectivity index (χ1v) is 8.30. The lowest BCUT2D eigenvalue weighted by atomic mass is 9.94. The maximum atomic E-state index is 14.2. The molecular weight excluding hydrogens is 268 g/mol. The van der Waals surface area contributed by atoms with E-state index in [0.717, 1.165) is 31.7 Å². The van der Waals surface area contributed by atoms with Gasteiger partial charge in [0.1, 0.15) is 11.6 Å². The summed E-state index contributed by atoms with van der Waals surface area (Å²) in [7, 11) is 0. The Bertz CT molecular complexity index is 453. The molecule has 1 unspecified atom stereocenters. The van der Waals surface area contributed by atoms with Crippen molar-refractivity contribution in [3.8, 4) is 0 Å². The molecular formula is C18H27F2N. The fraction of sp³-hybridized carbons (Fsp3) is 0.667. The van der Waals surface area contributed by atoms with E-state index in [-0.39, 0.29) is 17.7 Å². The van der Waals surface area contributed by atoms with Crippen molar-refractivity contribution in [2.24, 2.45) is 5.92 Å². The van der Waals surface area contributed by atoms with E-state index in [9.17, 15) is 8.78 Å². The zero-order valence-electron chi connectivity index (χ0n) is 13.2. The van der Waals surface area contributed by atoms with Crippen molar-refractivity contribution >= 4 is 0 Å². The Balaban J connectivity index is 2.08. The molecule has 0 saturated heterocycles. The summed E-state index contributed by atoms with van der Waals surface area (Å²) < 4.78 is 28.0. The van der Waals surface area contributed by atoms with Gasteiger partial charge in [-0.1, -0.05) is 32.6 Å². The number of aryl methyl sites for hydroxylation is 1. The van der Waals surface area contributed by atoms with E-state index in [0.29, 0.717) is 11.1 Å². The Labute approximate surface area is 127 Å². The monoisotopic (exact) mass is 295 g/mol. The summed E-state index contributed by atoms with van der Waals surface area (Å²) in [5, 5.41) is 3.39. The smallest absolute Gasteiger partial charge is 0.128 e. The molecule has 2 rings (SSSR count). The molecule has 0 bridgehead atoms. The molecule has 1 N–H and O–H groups in total. The van der Waals surface area contributed by atoms with Crippen molar-refractivity contribution in [1.82, 2.24) is 5.32 Å².